The van der Waals surface area contributed by atoms with Crippen molar-refractivity contribution in [2.75, 3.05) is 13.2 Å². The normalized spacial score (nSPS) is 38.7. The van der Waals surface area contributed by atoms with Crippen molar-refractivity contribution in [2.45, 2.75) is 55.5 Å². The summed E-state index contributed by atoms with van der Waals surface area (Å²) >= 11 is 0. The third-order valence-electron chi connectivity index (χ3n) is 7.75. The van der Waals surface area contributed by atoms with Crippen molar-refractivity contribution in [1.82, 2.24) is 0 Å². The topological polar surface area (TPSA) is 21.8 Å². The maximum absolute atomic E-state index is 5.87. The van der Waals surface area contributed by atoms with E-state index in [4.69, 9.17) is 9.47 Å². The third kappa shape index (κ3) is 2.72. The van der Waals surface area contributed by atoms with Gasteiger partial charge in [-0.15, -0.1) is 0 Å². The van der Waals surface area contributed by atoms with Crippen LogP contribution in [-0.2, 0) is 15.6 Å². The van der Waals surface area contributed by atoms with Crippen molar-refractivity contribution in [3.8, 4) is 5.75 Å². The van der Waals surface area contributed by atoms with Crippen molar-refractivity contribution in [1.29, 1.82) is 0 Å². The molecule has 2 aromatic carbocycles. The highest BCUT2D eigenvalue weighted by atomic mass is 16.6. The molecular weight excluding hydrogens is 332 g/mol. The van der Waals surface area contributed by atoms with Crippen molar-refractivity contribution in [2.24, 2.45) is 11.8 Å². The Bertz CT molecular complexity index is 807. The van der Waals surface area contributed by atoms with Crippen LogP contribution in [0.1, 0.15) is 49.7 Å². The molecule has 2 aromatic rings. The first-order valence-electron chi connectivity index (χ1n) is 10.6. The van der Waals surface area contributed by atoms with Crippen molar-refractivity contribution < 1.29 is 9.47 Å². The Hall–Kier alpha value is -1.80. The zero-order valence-electron chi connectivity index (χ0n) is 15.9. The Morgan fingerprint density at radius 1 is 0.815 bits per heavy atom. The zero-order chi connectivity index (χ0) is 17.9. The quantitative estimate of drug-likeness (QED) is 0.679. The maximum Gasteiger partial charge on any atom is 0.119 e. The predicted octanol–water partition coefficient (Wildman–Crippen LogP) is 5.25. The van der Waals surface area contributed by atoms with Gasteiger partial charge in [0.2, 0.25) is 0 Å². The molecule has 1 heterocycles. The average Bonchev–Trinajstić information content (AvgIpc) is 3.51. The van der Waals surface area contributed by atoms with Gasteiger partial charge in [0.15, 0.2) is 0 Å². The largest absolute Gasteiger partial charge is 0.491 e. The molecule has 2 unspecified atom stereocenters. The fourth-order valence-electron chi connectivity index (χ4n) is 6.99. The molecule has 0 amide bonds. The van der Waals surface area contributed by atoms with Crippen LogP contribution in [0.5, 0.6) is 5.75 Å². The first kappa shape index (κ1) is 16.2. The van der Waals surface area contributed by atoms with Gasteiger partial charge in [-0.3, -0.25) is 0 Å². The van der Waals surface area contributed by atoms with E-state index in [0.29, 0.717) is 23.5 Å². The van der Waals surface area contributed by atoms with Gasteiger partial charge >= 0.3 is 0 Å². The van der Waals surface area contributed by atoms with E-state index in [9.17, 15) is 0 Å². The Labute approximate surface area is 161 Å². The van der Waals surface area contributed by atoms with E-state index in [-0.39, 0.29) is 0 Å². The highest BCUT2D eigenvalue weighted by Crippen LogP contribution is 2.66. The molecule has 3 atom stereocenters. The lowest BCUT2D eigenvalue weighted by Crippen LogP contribution is -2.55. The molecule has 7 rings (SSSR count). The molecule has 4 bridgehead atoms. The van der Waals surface area contributed by atoms with Crippen LogP contribution >= 0.6 is 0 Å². The average molecular weight is 360 g/mol. The smallest absolute Gasteiger partial charge is 0.119 e. The molecule has 27 heavy (non-hydrogen) atoms. The summed E-state index contributed by atoms with van der Waals surface area (Å²) in [5.41, 5.74) is 3.92. The Morgan fingerprint density at radius 2 is 1.41 bits per heavy atom. The molecule has 2 heteroatoms. The van der Waals surface area contributed by atoms with Gasteiger partial charge in [-0.1, -0.05) is 42.5 Å². The van der Waals surface area contributed by atoms with E-state index in [2.05, 4.69) is 54.6 Å². The summed E-state index contributed by atoms with van der Waals surface area (Å²) in [7, 11) is 0. The standard InChI is InChI=1S/C25H28O2/c1-2-4-20(5-3-1)24-11-18-10-19(12-24)14-25(13-18,17-24)21-6-8-22(9-7-21)26-15-23-16-27-23/h1-9,18-19,23H,10-17H2/t18?,19?,23-,24?,25?/m1/s1. The van der Waals surface area contributed by atoms with Crippen LogP contribution in [0.4, 0.5) is 0 Å². The van der Waals surface area contributed by atoms with Crippen LogP contribution in [0.2, 0.25) is 0 Å². The molecule has 140 valence electrons. The number of hydrogen-bond acceptors (Lipinski definition) is 2. The molecule has 0 N–H and O–H groups in total. The molecule has 0 radical (unpaired) electrons. The number of benzene rings is 2. The first-order valence-corrected chi connectivity index (χ1v) is 10.6. The number of epoxide rings is 1. The Kier molecular flexibility index (Phi) is 3.50. The lowest BCUT2D eigenvalue weighted by Gasteiger charge is -2.62. The van der Waals surface area contributed by atoms with Crippen molar-refractivity contribution in [3.05, 3.63) is 65.7 Å². The highest BCUT2D eigenvalue weighted by molar-refractivity contribution is 5.39. The van der Waals surface area contributed by atoms with E-state index in [1.807, 2.05) is 0 Å². The molecule has 1 aliphatic heterocycles. The summed E-state index contributed by atoms with van der Waals surface area (Å²) in [5.74, 6) is 2.78. The molecule has 0 aromatic heterocycles. The minimum Gasteiger partial charge on any atom is -0.491 e. The minimum absolute atomic E-state index is 0.318. The summed E-state index contributed by atoms with van der Waals surface area (Å²) in [6, 6.07) is 20.5. The Morgan fingerprint density at radius 3 is 2.00 bits per heavy atom. The van der Waals surface area contributed by atoms with Crippen LogP contribution in [0.3, 0.4) is 0 Å². The van der Waals surface area contributed by atoms with E-state index in [1.165, 1.54) is 38.5 Å². The van der Waals surface area contributed by atoms with Crippen LogP contribution in [0, 0.1) is 11.8 Å². The second-order valence-electron chi connectivity index (χ2n) is 9.68. The fraction of sp³-hybridized carbons (Fsp3) is 0.520. The molecular formula is C25H28O2. The lowest BCUT2D eigenvalue weighted by atomic mass is 9.42. The van der Waals surface area contributed by atoms with Gasteiger partial charge in [0.05, 0.1) is 6.61 Å². The highest BCUT2D eigenvalue weighted by Gasteiger charge is 2.58. The predicted molar refractivity (Wildman–Crippen MR) is 106 cm³/mol. The molecule has 4 aliphatic carbocycles. The van der Waals surface area contributed by atoms with Gasteiger partial charge in [-0.05, 0) is 84.5 Å². The second kappa shape index (κ2) is 5.85. The second-order valence-corrected chi connectivity index (χ2v) is 9.68. The number of hydrogen-bond donors (Lipinski definition) is 0. The van der Waals surface area contributed by atoms with Crippen LogP contribution in [0.25, 0.3) is 0 Å². The number of rotatable bonds is 5. The molecule has 0 spiro atoms. The third-order valence-corrected chi connectivity index (χ3v) is 7.75. The van der Waals surface area contributed by atoms with E-state index < -0.39 is 0 Å². The van der Waals surface area contributed by atoms with Gasteiger partial charge in [-0.2, -0.15) is 0 Å². The van der Waals surface area contributed by atoms with Crippen molar-refractivity contribution in [3.63, 3.8) is 0 Å². The first-order chi connectivity index (χ1) is 13.2. The monoisotopic (exact) mass is 360 g/mol. The van der Waals surface area contributed by atoms with E-state index in [1.54, 1.807) is 11.1 Å². The van der Waals surface area contributed by atoms with Gasteiger partial charge in [0.1, 0.15) is 18.5 Å². The van der Waals surface area contributed by atoms with E-state index >= 15 is 0 Å². The van der Waals surface area contributed by atoms with Gasteiger partial charge in [-0.25, -0.2) is 0 Å². The van der Waals surface area contributed by atoms with Gasteiger partial charge < -0.3 is 9.47 Å². The van der Waals surface area contributed by atoms with Crippen LogP contribution in [-0.4, -0.2) is 19.3 Å². The zero-order valence-corrected chi connectivity index (χ0v) is 15.9. The summed E-state index contributed by atoms with van der Waals surface area (Å²) in [4.78, 5) is 0. The summed E-state index contributed by atoms with van der Waals surface area (Å²) in [5, 5.41) is 0. The molecule has 5 fully saturated rings. The molecule has 5 aliphatic rings. The molecule has 2 nitrogen and oxygen atoms in total. The summed E-state index contributed by atoms with van der Waals surface area (Å²) < 4.78 is 11.1. The summed E-state index contributed by atoms with van der Waals surface area (Å²) in [6.07, 6.45) is 8.67. The minimum atomic E-state index is 0.318. The lowest BCUT2D eigenvalue weighted by molar-refractivity contribution is -0.0281. The van der Waals surface area contributed by atoms with E-state index in [0.717, 1.165) is 24.2 Å². The van der Waals surface area contributed by atoms with Gasteiger partial charge in [0, 0.05) is 0 Å². The molecule has 4 saturated carbocycles. The van der Waals surface area contributed by atoms with Gasteiger partial charge in [0.25, 0.3) is 0 Å². The maximum atomic E-state index is 5.87. The van der Waals surface area contributed by atoms with Crippen LogP contribution < -0.4 is 4.74 Å². The fourth-order valence-corrected chi connectivity index (χ4v) is 6.99. The summed E-state index contributed by atoms with van der Waals surface area (Å²) in [6.45, 7) is 1.54. The van der Waals surface area contributed by atoms with Crippen molar-refractivity contribution >= 4 is 0 Å². The SMILES string of the molecule is c1ccc(C23CC4CC(C2)CC(c2ccc(OC[C@@H]5CO5)cc2)(C4)C3)cc1. The molecule has 1 saturated heterocycles. The number of ether oxygens (including phenoxy) is 2. The Balaban J connectivity index is 1.31. The van der Waals surface area contributed by atoms with Crippen LogP contribution in [0.15, 0.2) is 54.6 Å².